The van der Waals surface area contributed by atoms with Crippen LogP contribution < -0.4 is 15.9 Å². The van der Waals surface area contributed by atoms with Crippen LogP contribution in [0.25, 0.3) is 0 Å². The van der Waals surface area contributed by atoms with Crippen LogP contribution in [0.3, 0.4) is 0 Å². The molecule has 0 aliphatic rings. The van der Waals surface area contributed by atoms with Gasteiger partial charge in [-0.15, -0.1) is 0 Å². The minimum absolute atomic E-state index is 0. The number of carboxylic acids is 2. The molecule has 0 saturated heterocycles. The molecule has 0 unspecified atom stereocenters. The Kier molecular flexibility index (Phi) is 29.2. The molecule has 94 valence electrons. The van der Waals surface area contributed by atoms with Gasteiger partial charge in [-0.3, -0.25) is 0 Å². The van der Waals surface area contributed by atoms with E-state index in [4.69, 9.17) is 19.8 Å². The molecule has 2 N–H and O–H groups in total. The van der Waals surface area contributed by atoms with Crippen molar-refractivity contribution in [2.75, 3.05) is 6.61 Å². The SMILES string of the molecule is C=CC(=O)[O-].C=CC(=O)[O-].CCOC(N)=O.[Pb+2]. The molecular weight excluding hydrogens is 425 g/mol. The van der Waals surface area contributed by atoms with Gasteiger partial charge in [0.1, 0.15) is 0 Å². The Morgan fingerprint density at radius 3 is 1.41 bits per heavy atom. The fourth-order valence-corrected chi connectivity index (χ4v) is 0.142. The van der Waals surface area contributed by atoms with Crippen molar-refractivity contribution < 1.29 is 29.3 Å². The molecule has 2 radical (unpaired) electrons. The van der Waals surface area contributed by atoms with Crippen molar-refractivity contribution in [2.45, 2.75) is 6.92 Å². The summed E-state index contributed by atoms with van der Waals surface area (Å²) in [5.74, 6) is -2.46. The summed E-state index contributed by atoms with van der Waals surface area (Å²) < 4.78 is 4.18. The van der Waals surface area contributed by atoms with Crippen molar-refractivity contribution in [1.29, 1.82) is 0 Å². The van der Waals surface area contributed by atoms with E-state index in [1.54, 1.807) is 6.92 Å². The zero-order chi connectivity index (χ0) is 13.6. The summed E-state index contributed by atoms with van der Waals surface area (Å²) in [4.78, 5) is 27.9. The van der Waals surface area contributed by atoms with Crippen molar-refractivity contribution in [2.24, 2.45) is 5.73 Å². The van der Waals surface area contributed by atoms with Gasteiger partial charge < -0.3 is 30.3 Å². The molecule has 1 amide bonds. The summed E-state index contributed by atoms with van der Waals surface area (Å²) in [7, 11) is 0. The monoisotopic (exact) mass is 439 g/mol. The number of hydrogen-bond acceptors (Lipinski definition) is 6. The fraction of sp³-hybridized carbons (Fsp3) is 0.222. The molecule has 0 aliphatic carbocycles. The maximum absolute atomic E-state index is 9.60. The number of primary amides is 1. The number of hydrogen-bond donors (Lipinski definition) is 1. The van der Waals surface area contributed by atoms with Gasteiger partial charge in [0.05, 0.1) is 18.5 Å². The van der Waals surface area contributed by atoms with E-state index in [0.29, 0.717) is 6.61 Å². The van der Waals surface area contributed by atoms with Crippen LogP contribution in [-0.2, 0) is 14.3 Å². The number of ether oxygens (including phenoxy) is 1. The Labute approximate surface area is 119 Å². The predicted molar refractivity (Wildman–Crippen MR) is 57.4 cm³/mol. The van der Waals surface area contributed by atoms with Gasteiger partial charge in [0, 0.05) is 0 Å². The molecule has 0 fully saturated rings. The molecule has 0 spiro atoms. The number of amides is 1. The first-order chi connectivity index (χ1) is 7.31. The Bertz CT molecular complexity index is 236. The van der Waals surface area contributed by atoms with Crippen LogP contribution in [-0.4, -0.2) is 51.9 Å². The van der Waals surface area contributed by atoms with Crippen molar-refractivity contribution >= 4 is 45.3 Å². The quantitative estimate of drug-likeness (QED) is 0.385. The van der Waals surface area contributed by atoms with Crippen molar-refractivity contribution in [3.8, 4) is 0 Å². The molecule has 0 aromatic carbocycles. The van der Waals surface area contributed by atoms with Gasteiger partial charge in [-0.1, -0.05) is 13.2 Å². The van der Waals surface area contributed by atoms with E-state index < -0.39 is 18.0 Å². The van der Waals surface area contributed by atoms with E-state index in [9.17, 15) is 4.79 Å². The number of nitrogens with two attached hydrogens (primary N) is 1. The van der Waals surface area contributed by atoms with Crippen LogP contribution in [0.4, 0.5) is 4.79 Å². The van der Waals surface area contributed by atoms with Crippen LogP contribution in [0.5, 0.6) is 0 Å². The second kappa shape index (κ2) is 20.1. The van der Waals surface area contributed by atoms with Crippen LogP contribution in [0.1, 0.15) is 6.92 Å². The molecular formula is C9H13NO6Pb. The number of carbonyl (C=O) groups excluding carboxylic acids is 3. The third-order valence-corrected chi connectivity index (χ3v) is 0.620. The molecule has 0 saturated carbocycles. The summed E-state index contributed by atoms with van der Waals surface area (Å²) in [6, 6.07) is 0. The van der Waals surface area contributed by atoms with E-state index in [-0.39, 0.29) is 27.3 Å². The molecule has 0 aromatic heterocycles. The van der Waals surface area contributed by atoms with Gasteiger partial charge in [0.2, 0.25) is 0 Å². The molecule has 0 aliphatic heterocycles. The van der Waals surface area contributed by atoms with E-state index in [1.807, 2.05) is 0 Å². The molecule has 0 aromatic rings. The van der Waals surface area contributed by atoms with Crippen LogP contribution in [0.2, 0.25) is 0 Å². The zero-order valence-corrected chi connectivity index (χ0v) is 13.2. The average Bonchev–Trinajstić information content (AvgIpc) is 2.19. The largest absolute Gasteiger partial charge is 2.00 e. The van der Waals surface area contributed by atoms with Crippen molar-refractivity contribution in [1.82, 2.24) is 0 Å². The van der Waals surface area contributed by atoms with E-state index in [0.717, 1.165) is 12.2 Å². The van der Waals surface area contributed by atoms with Crippen LogP contribution in [0.15, 0.2) is 25.3 Å². The van der Waals surface area contributed by atoms with E-state index in [1.165, 1.54) is 0 Å². The van der Waals surface area contributed by atoms with E-state index in [2.05, 4.69) is 23.6 Å². The maximum atomic E-state index is 9.60. The predicted octanol–water partition coefficient (Wildman–Crippen LogP) is -2.43. The average molecular weight is 438 g/mol. The number of carbonyl (C=O) groups is 3. The first-order valence-electron chi connectivity index (χ1n) is 3.90. The molecule has 0 heterocycles. The van der Waals surface area contributed by atoms with Gasteiger partial charge in [-0.05, 0) is 19.1 Å². The first kappa shape index (κ1) is 24.7. The van der Waals surface area contributed by atoms with Gasteiger partial charge in [-0.2, -0.15) is 0 Å². The topological polar surface area (TPSA) is 133 Å². The van der Waals surface area contributed by atoms with Gasteiger partial charge in [-0.25, -0.2) is 4.79 Å². The summed E-state index contributed by atoms with van der Waals surface area (Å²) in [6.07, 6.45) is 0.734. The van der Waals surface area contributed by atoms with Crippen LogP contribution >= 0.6 is 0 Å². The number of carboxylic acid groups (broad SMARTS) is 2. The Morgan fingerprint density at radius 1 is 1.18 bits per heavy atom. The molecule has 17 heavy (non-hydrogen) atoms. The standard InChI is InChI=1S/C3H7NO2.2C3H4O2.Pb/c1-2-6-3(4)5;2*1-2-3(4)5;/h2H2,1H3,(H2,4,5);2*2H,1H2,(H,4,5);/q;;;+2/p-2. The van der Waals surface area contributed by atoms with E-state index >= 15 is 0 Å². The first-order valence-corrected chi connectivity index (χ1v) is 3.90. The Morgan fingerprint density at radius 2 is 1.41 bits per heavy atom. The zero-order valence-electron chi connectivity index (χ0n) is 9.30. The Hall–Kier alpha value is -1.39. The molecule has 0 bridgehead atoms. The van der Waals surface area contributed by atoms with Gasteiger partial charge >= 0.3 is 33.4 Å². The fourth-order valence-electron chi connectivity index (χ4n) is 0.142. The minimum Gasteiger partial charge on any atom is -0.545 e. The van der Waals surface area contributed by atoms with Crippen LogP contribution in [0, 0.1) is 0 Å². The Balaban J connectivity index is -0.0000000729. The third-order valence-electron chi connectivity index (χ3n) is 0.620. The van der Waals surface area contributed by atoms with Crippen molar-refractivity contribution in [3.63, 3.8) is 0 Å². The molecule has 8 heteroatoms. The number of aliphatic carboxylic acids is 2. The smallest absolute Gasteiger partial charge is 0.545 e. The maximum Gasteiger partial charge on any atom is 2.00 e. The molecule has 0 atom stereocenters. The second-order valence-electron chi connectivity index (χ2n) is 1.80. The molecule has 0 rings (SSSR count). The van der Waals surface area contributed by atoms with Gasteiger partial charge in [0.25, 0.3) is 0 Å². The minimum atomic E-state index is -1.23. The summed E-state index contributed by atoms with van der Waals surface area (Å²) in [5, 5.41) is 18.3. The molecule has 7 nitrogen and oxygen atoms in total. The van der Waals surface area contributed by atoms with Crippen molar-refractivity contribution in [3.05, 3.63) is 25.3 Å². The summed E-state index contributed by atoms with van der Waals surface area (Å²) in [5.41, 5.74) is 4.54. The summed E-state index contributed by atoms with van der Waals surface area (Å²) in [6.45, 7) is 7.85. The number of rotatable bonds is 3. The third kappa shape index (κ3) is 73.8. The van der Waals surface area contributed by atoms with Gasteiger partial charge in [0.15, 0.2) is 0 Å². The second-order valence-corrected chi connectivity index (χ2v) is 1.80. The normalized spacial score (nSPS) is 6.41. The summed E-state index contributed by atoms with van der Waals surface area (Å²) >= 11 is 0.